The first-order valence-electron chi connectivity index (χ1n) is 5.97. The summed E-state index contributed by atoms with van der Waals surface area (Å²) in [6.07, 6.45) is 0.0328. The summed E-state index contributed by atoms with van der Waals surface area (Å²) >= 11 is 0. The van der Waals surface area contributed by atoms with Crippen molar-refractivity contribution >= 4 is 22.7 Å². The number of para-hydroxylation sites is 2. The van der Waals surface area contributed by atoms with Gasteiger partial charge < -0.3 is 10.8 Å². The zero-order chi connectivity index (χ0) is 14.4. The highest BCUT2D eigenvalue weighted by Crippen LogP contribution is 2.06. The molecule has 0 saturated heterocycles. The van der Waals surface area contributed by atoms with Crippen molar-refractivity contribution in [1.82, 2.24) is 15.4 Å². The molecular formula is C14H14N4O2. The van der Waals surface area contributed by atoms with E-state index in [1.165, 1.54) is 0 Å². The van der Waals surface area contributed by atoms with Crippen molar-refractivity contribution in [2.45, 2.75) is 6.42 Å². The van der Waals surface area contributed by atoms with E-state index in [4.69, 9.17) is 10.8 Å². The summed E-state index contributed by atoms with van der Waals surface area (Å²) in [4.78, 5) is 10.2. The number of nitrogens with two attached hydrogens (primary N) is 1. The van der Waals surface area contributed by atoms with Gasteiger partial charge in [0.05, 0.1) is 6.42 Å². The second kappa shape index (κ2) is 6.33. The second-order valence-electron chi connectivity index (χ2n) is 4.13. The van der Waals surface area contributed by atoms with Gasteiger partial charge in [0.25, 0.3) is 0 Å². The number of benzene rings is 2. The minimum absolute atomic E-state index is 0.0328. The quantitative estimate of drug-likeness (QED) is 0.616. The van der Waals surface area contributed by atoms with Crippen LogP contribution in [0, 0.1) is 0 Å². The lowest BCUT2D eigenvalue weighted by atomic mass is 10.1. The van der Waals surface area contributed by atoms with E-state index in [-0.39, 0.29) is 6.42 Å². The van der Waals surface area contributed by atoms with E-state index in [0.717, 1.165) is 16.6 Å². The number of H-pyrrole nitrogens is 1. The lowest BCUT2D eigenvalue weighted by Crippen LogP contribution is -2.00. The number of hydrogen-bond acceptors (Lipinski definition) is 4. The smallest absolute Gasteiger partial charge is 0.307 e. The average molecular weight is 270 g/mol. The van der Waals surface area contributed by atoms with Crippen molar-refractivity contribution in [3.8, 4) is 0 Å². The Labute approximate surface area is 115 Å². The first-order valence-corrected chi connectivity index (χ1v) is 5.97. The monoisotopic (exact) mass is 270 g/mol. The third kappa shape index (κ3) is 3.81. The Hall–Kier alpha value is -2.89. The van der Waals surface area contributed by atoms with Crippen LogP contribution in [-0.2, 0) is 11.2 Å². The maximum absolute atomic E-state index is 10.2. The maximum Gasteiger partial charge on any atom is 0.307 e. The molecule has 6 nitrogen and oxygen atoms in total. The standard InChI is InChI=1S/C8H9NO2.C6H5N3/c9-7-3-1-2-6(4-7)5-8(10)11;1-2-4-6-5(3-1)7-9-8-6/h1-4H,5,9H2,(H,10,11);1-4H,(H,7,8,9). The van der Waals surface area contributed by atoms with Crippen LogP contribution < -0.4 is 5.73 Å². The molecule has 0 unspecified atom stereocenters. The molecule has 0 fully saturated rings. The van der Waals surface area contributed by atoms with Gasteiger partial charge in [0.2, 0.25) is 0 Å². The van der Waals surface area contributed by atoms with E-state index in [1.54, 1.807) is 24.3 Å². The largest absolute Gasteiger partial charge is 0.481 e. The Kier molecular flexibility index (Phi) is 4.28. The van der Waals surface area contributed by atoms with Gasteiger partial charge in [-0.3, -0.25) is 4.79 Å². The highest BCUT2D eigenvalue weighted by molar-refractivity contribution is 5.72. The number of nitrogens with zero attached hydrogens (tertiary/aromatic N) is 2. The molecule has 0 aliphatic rings. The van der Waals surface area contributed by atoms with Crippen molar-refractivity contribution in [2.24, 2.45) is 0 Å². The number of aromatic amines is 1. The summed E-state index contributed by atoms with van der Waals surface area (Å²) < 4.78 is 0. The van der Waals surface area contributed by atoms with Gasteiger partial charge in [-0.15, -0.1) is 0 Å². The average Bonchev–Trinajstić information content (AvgIpc) is 2.87. The molecule has 0 spiro atoms. The molecular weight excluding hydrogens is 256 g/mol. The van der Waals surface area contributed by atoms with Crippen molar-refractivity contribution in [3.05, 3.63) is 54.1 Å². The van der Waals surface area contributed by atoms with Gasteiger partial charge in [-0.05, 0) is 29.8 Å². The molecule has 0 radical (unpaired) electrons. The summed E-state index contributed by atoms with van der Waals surface area (Å²) in [6.45, 7) is 0. The molecule has 0 amide bonds. The Morgan fingerprint density at radius 1 is 1.10 bits per heavy atom. The van der Waals surface area contributed by atoms with Gasteiger partial charge >= 0.3 is 5.97 Å². The highest BCUT2D eigenvalue weighted by atomic mass is 16.4. The number of hydrogen-bond donors (Lipinski definition) is 3. The van der Waals surface area contributed by atoms with Crippen molar-refractivity contribution < 1.29 is 9.90 Å². The molecule has 6 heteroatoms. The number of rotatable bonds is 2. The Morgan fingerprint density at radius 3 is 2.30 bits per heavy atom. The second-order valence-corrected chi connectivity index (χ2v) is 4.13. The van der Waals surface area contributed by atoms with Crippen LogP contribution in [-0.4, -0.2) is 26.5 Å². The number of carbonyl (C=O) groups is 1. The summed E-state index contributed by atoms with van der Waals surface area (Å²) in [5, 5.41) is 18.7. The van der Waals surface area contributed by atoms with E-state index in [2.05, 4.69) is 15.4 Å². The lowest BCUT2D eigenvalue weighted by Gasteiger charge is -1.96. The summed E-state index contributed by atoms with van der Waals surface area (Å²) in [5.74, 6) is -0.837. The number of nitrogens with one attached hydrogen (secondary N) is 1. The van der Waals surface area contributed by atoms with Crippen molar-refractivity contribution in [2.75, 3.05) is 5.73 Å². The van der Waals surface area contributed by atoms with Gasteiger partial charge in [-0.25, -0.2) is 0 Å². The van der Waals surface area contributed by atoms with Gasteiger partial charge in [-0.1, -0.05) is 24.3 Å². The predicted molar refractivity (Wildman–Crippen MR) is 76.1 cm³/mol. The third-order valence-corrected chi connectivity index (χ3v) is 2.53. The molecule has 0 atom stereocenters. The molecule has 3 aromatic rings. The molecule has 20 heavy (non-hydrogen) atoms. The van der Waals surface area contributed by atoms with Gasteiger partial charge in [0.15, 0.2) is 0 Å². The number of carboxylic acids is 1. The van der Waals surface area contributed by atoms with Crippen LogP contribution >= 0.6 is 0 Å². The number of anilines is 1. The summed E-state index contributed by atoms with van der Waals surface area (Å²) in [5.41, 5.74) is 8.60. The SMILES string of the molecule is Nc1cccc(CC(=O)O)c1.c1ccc2n[nH]nc2c1. The summed E-state index contributed by atoms with van der Waals surface area (Å²) in [6, 6.07) is 14.6. The molecule has 1 aromatic heterocycles. The number of carboxylic acid groups (broad SMARTS) is 1. The summed E-state index contributed by atoms with van der Waals surface area (Å²) in [7, 11) is 0. The normalized spacial score (nSPS) is 9.80. The topological polar surface area (TPSA) is 105 Å². The zero-order valence-corrected chi connectivity index (χ0v) is 10.7. The van der Waals surface area contributed by atoms with Crippen LogP contribution in [0.2, 0.25) is 0 Å². The number of aliphatic carboxylic acids is 1. The van der Waals surface area contributed by atoms with Crippen LogP contribution in [0.5, 0.6) is 0 Å². The van der Waals surface area contributed by atoms with Gasteiger partial charge in [0, 0.05) is 5.69 Å². The third-order valence-electron chi connectivity index (χ3n) is 2.53. The van der Waals surface area contributed by atoms with Crippen LogP contribution in [0.25, 0.3) is 11.0 Å². The van der Waals surface area contributed by atoms with Crippen molar-refractivity contribution in [1.29, 1.82) is 0 Å². The van der Waals surface area contributed by atoms with E-state index < -0.39 is 5.97 Å². The Morgan fingerprint density at radius 2 is 1.75 bits per heavy atom. The predicted octanol–water partition coefficient (Wildman–Crippen LogP) is 1.85. The molecule has 1 heterocycles. The lowest BCUT2D eigenvalue weighted by molar-refractivity contribution is -0.136. The maximum atomic E-state index is 10.2. The van der Waals surface area contributed by atoms with E-state index in [9.17, 15) is 4.79 Å². The zero-order valence-electron chi connectivity index (χ0n) is 10.7. The fourth-order valence-corrected chi connectivity index (χ4v) is 1.66. The molecule has 0 bridgehead atoms. The van der Waals surface area contributed by atoms with Crippen LogP contribution in [0.3, 0.4) is 0 Å². The van der Waals surface area contributed by atoms with Crippen molar-refractivity contribution in [3.63, 3.8) is 0 Å². The molecule has 102 valence electrons. The number of nitrogen functional groups attached to an aromatic ring is 1. The van der Waals surface area contributed by atoms with Crippen LogP contribution in [0.4, 0.5) is 5.69 Å². The highest BCUT2D eigenvalue weighted by Gasteiger charge is 1.98. The Balaban J connectivity index is 0.000000149. The number of aromatic nitrogens is 3. The van der Waals surface area contributed by atoms with Gasteiger partial charge in [0.1, 0.15) is 11.0 Å². The fraction of sp³-hybridized carbons (Fsp3) is 0.0714. The minimum atomic E-state index is -0.837. The fourth-order valence-electron chi connectivity index (χ4n) is 1.66. The molecule has 4 N–H and O–H groups in total. The number of fused-ring (bicyclic) bond motifs is 1. The van der Waals surface area contributed by atoms with E-state index in [0.29, 0.717) is 5.69 Å². The van der Waals surface area contributed by atoms with Gasteiger partial charge in [-0.2, -0.15) is 15.4 Å². The first kappa shape index (κ1) is 13.5. The van der Waals surface area contributed by atoms with Crippen LogP contribution in [0.1, 0.15) is 5.56 Å². The van der Waals surface area contributed by atoms with E-state index >= 15 is 0 Å². The Bertz CT molecular complexity index is 679. The minimum Gasteiger partial charge on any atom is -0.481 e. The van der Waals surface area contributed by atoms with E-state index in [1.807, 2.05) is 24.3 Å². The molecule has 2 aromatic carbocycles. The molecule has 3 rings (SSSR count). The molecule has 0 aliphatic carbocycles. The molecule has 0 aliphatic heterocycles. The first-order chi connectivity index (χ1) is 9.65. The van der Waals surface area contributed by atoms with Crippen LogP contribution in [0.15, 0.2) is 48.5 Å². The molecule has 0 saturated carbocycles.